The number of nitrogens with two attached hydrogens (primary N) is 2. The Morgan fingerprint density at radius 2 is 1.85 bits per heavy atom. The lowest BCUT2D eigenvalue weighted by Gasteiger charge is -2.09. The number of aromatic amines is 1. The van der Waals surface area contributed by atoms with Crippen molar-refractivity contribution in [3.63, 3.8) is 0 Å². The number of pyridine rings is 1. The Morgan fingerprint density at radius 3 is 2.45 bits per heavy atom. The lowest BCUT2D eigenvalue weighted by atomic mass is 10.0. The van der Waals surface area contributed by atoms with E-state index in [1.807, 2.05) is 26.0 Å². The highest BCUT2D eigenvalue weighted by Gasteiger charge is 2.13. The number of nitrogens with one attached hydrogen (secondary N) is 1. The van der Waals surface area contributed by atoms with Gasteiger partial charge in [-0.2, -0.15) is 0 Å². The first-order valence-corrected chi connectivity index (χ1v) is 6.06. The standard InChI is InChI=1S/C14H17N3O2.ClH/c1-7-3-9-5-10(6-11(15)13(16)18)14(19)17-12(9)4-8(7)2;/h3-5,11H,6,15H2,1-2H3,(H2,16,18)(H,17,19);1H. The Balaban J connectivity index is 0.00000200. The fourth-order valence-corrected chi connectivity index (χ4v) is 2.01. The number of H-pyrrole nitrogens is 1. The van der Waals surface area contributed by atoms with Gasteiger partial charge in [-0.15, -0.1) is 12.4 Å². The summed E-state index contributed by atoms with van der Waals surface area (Å²) in [6.45, 7) is 4.00. The van der Waals surface area contributed by atoms with E-state index in [-0.39, 0.29) is 24.4 Å². The van der Waals surface area contributed by atoms with Crippen LogP contribution in [-0.4, -0.2) is 16.9 Å². The van der Waals surface area contributed by atoms with Gasteiger partial charge in [-0.3, -0.25) is 9.59 Å². The van der Waals surface area contributed by atoms with Crippen molar-refractivity contribution < 1.29 is 4.79 Å². The number of carbonyl (C=O) groups is 1. The van der Waals surface area contributed by atoms with Crippen LogP contribution in [0.1, 0.15) is 16.7 Å². The number of amides is 1. The zero-order valence-corrected chi connectivity index (χ0v) is 12.2. The molecule has 0 bridgehead atoms. The third-order valence-corrected chi connectivity index (χ3v) is 3.34. The van der Waals surface area contributed by atoms with Crippen LogP contribution in [0, 0.1) is 13.8 Å². The summed E-state index contributed by atoms with van der Waals surface area (Å²) in [6.07, 6.45) is 0.146. The van der Waals surface area contributed by atoms with Crippen LogP contribution in [0.2, 0.25) is 0 Å². The normalized spacial score (nSPS) is 11.9. The number of halogens is 1. The van der Waals surface area contributed by atoms with Crippen LogP contribution >= 0.6 is 12.4 Å². The number of hydrogen-bond acceptors (Lipinski definition) is 3. The monoisotopic (exact) mass is 295 g/mol. The average Bonchev–Trinajstić information content (AvgIpc) is 2.32. The maximum atomic E-state index is 11.9. The smallest absolute Gasteiger partial charge is 0.251 e. The number of rotatable bonds is 3. The summed E-state index contributed by atoms with van der Waals surface area (Å²) in [4.78, 5) is 25.7. The SMILES string of the molecule is Cc1cc2cc(CC(N)C(N)=O)c(=O)[nH]c2cc1C.Cl. The van der Waals surface area contributed by atoms with Gasteiger partial charge in [0, 0.05) is 17.5 Å². The molecule has 1 unspecified atom stereocenters. The number of carbonyl (C=O) groups excluding carboxylic acids is 1. The van der Waals surface area contributed by atoms with Crippen molar-refractivity contribution in [1.29, 1.82) is 0 Å². The van der Waals surface area contributed by atoms with Gasteiger partial charge in [-0.25, -0.2) is 0 Å². The highest BCUT2D eigenvalue weighted by molar-refractivity contribution is 5.85. The summed E-state index contributed by atoms with van der Waals surface area (Å²) in [7, 11) is 0. The largest absolute Gasteiger partial charge is 0.368 e. The third kappa shape index (κ3) is 3.18. The van der Waals surface area contributed by atoms with E-state index >= 15 is 0 Å². The first-order valence-electron chi connectivity index (χ1n) is 6.06. The molecule has 0 saturated heterocycles. The van der Waals surface area contributed by atoms with E-state index in [1.54, 1.807) is 6.07 Å². The Morgan fingerprint density at radius 1 is 1.25 bits per heavy atom. The Labute approximate surface area is 122 Å². The molecule has 20 heavy (non-hydrogen) atoms. The van der Waals surface area contributed by atoms with Crippen molar-refractivity contribution in [3.8, 4) is 0 Å². The molecule has 2 rings (SSSR count). The van der Waals surface area contributed by atoms with E-state index < -0.39 is 11.9 Å². The van der Waals surface area contributed by atoms with Gasteiger partial charge in [0.25, 0.3) is 5.56 Å². The number of hydrogen-bond donors (Lipinski definition) is 3. The van der Waals surface area contributed by atoms with E-state index in [0.717, 1.165) is 22.0 Å². The van der Waals surface area contributed by atoms with Gasteiger partial charge in [-0.05, 0) is 48.6 Å². The molecule has 1 aromatic carbocycles. The number of fused-ring (bicyclic) bond motifs is 1. The third-order valence-electron chi connectivity index (χ3n) is 3.34. The molecular formula is C14H18ClN3O2. The highest BCUT2D eigenvalue weighted by atomic mass is 35.5. The highest BCUT2D eigenvalue weighted by Crippen LogP contribution is 2.17. The molecule has 0 aliphatic carbocycles. The van der Waals surface area contributed by atoms with Crippen LogP contribution in [0.4, 0.5) is 0 Å². The summed E-state index contributed by atoms with van der Waals surface area (Å²) in [5.74, 6) is -0.611. The minimum atomic E-state index is -0.843. The van der Waals surface area contributed by atoms with Gasteiger partial charge in [0.05, 0.1) is 6.04 Å². The predicted octanol–water partition coefficient (Wildman–Crippen LogP) is 0.922. The van der Waals surface area contributed by atoms with E-state index in [4.69, 9.17) is 11.5 Å². The van der Waals surface area contributed by atoms with E-state index in [1.165, 1.54) is 0 Å². The first-order chi connectivity index (χ1) is 8.88. The topological polar surface area (TPSA) is 102 Å². The molecule has 5 N–H and O–H groups in total. The molecule has 0 saturated carbocycles. The molecule has 1 heterocycles. The average molecular weight is 296 g/mol. The summed E-state index contributed by atoms with van der Waals surface area (Å²) < 4.78 is 0. The Kier molecular flexibility index (Phi) is 4.92. The molecule has 1 amide bonds. The molecule has 0 fully saturated rings. The molecule has 0 aliphatic rings. The summed E-state index contributed by atoms with van der Waals surface area (Å²) in [5.41, 5.74) is 14.0. The minimum absolute atomic E-state index is 0. The molecule has 0 aliphatic heterocycles. The second kappa shape index (κ2) is 6.07. The maximum Gasteiger partial charge on any atom is 0.251 e. The minimum Gasteiger partial charge on any atom is -0.368 e. The fraction of sp³-hybridized carbons (Fsp3) is 0.286. The van der Waals surface area contributed by atoms with Crippen LogP contribution < -0.4 is 17.0 Å². The Hall–Kier alpha value is -1.85. The molecule has 0 radical (unpaired) electrons. The van der Waals surface area contributed by atoms with Gasteiger partial charge in [0.2, 0.25) is 5.91 Å². The molecule has 108 valence electrons. The van der Waals surface area contributed by atoms with Gasteiger partial charge in [0.1, 0.15) is 0 Å². The Bertz CT molecular complexity index is 709. The van der Waals surface area contributed by atoms with Gasteiger partial charge >= 0.3 is 0 Å². The van der Waals surface area contributed by atoms with Gasteiger partial charge in [0.15, 0.2) is 0 Å². The molecular weight excluding hydrogens is 278 g/mol. The van der Waals surface area contributed by atoms with Crippen molar-refractivity contribution in [1.82, 2.24) is 4.98 Å². The number of benzene rings is 1. The summed E-state index contributed by atoms with van der Waals surface area (Å²) in [5, 5.41) is 0.925. The first kappa shape index (κ1) is 16.2. The lowest BCUT2D eigenvalue weighted by molar-refractivity contribution is -0.119. The molecule has 2 aromatic rings. The van der Waals surface area contributed by atoms with E-state index in [2.05, 4.69) is 4.98 Å². The van der Waals surface area contributed by atoms with Gasteiger partial charge < -0.3 is 16.5 Å². The van der Waals surface area contributed by atoms with E-state index in [9.17, 15) is 9.59 Å². The second-order valence-electron chi connectivity index (χ2n) is 4.86. The van der Waals surface area contributed by atoms with Crippen LogP contribution in [0.15, 0.2) is 23.0 Å². The molecule has 1 atom stereocenters. The molecule has 6 heteroatoms. The lowest BCUT2D eigenvalue weighted by Crippen LogP contribution is -2.39. The van der Waals surface area contributed by atoms with Crippen molar-refractivity contribution in [2.24, 2.45) is 11.5 Å². The predicted molar refractivity (Wildman–Crippen MR) is 82.2 cm³/mol. The molecule has 1 aromatic heterocycles. The number of aryl methyl sites for hydroxylation is 2. The van der Waals surface area contributed by atoms with Crippen LogP contribution in [0.25, 0.3) is 10.9 Å². The van der Waals surface area contributed by atoms with Crippen molar-refractivity contribution in [2.75, 3.05) is 0 Å². The zero-order chi connectivity index (χ0) is 14.2. The van der Waals surface area contributed by atoms with Crippen LogP contribution in [-0.2, 0) is 11.2 Å². The molecule has 0 spiro atoms. The second-order valence-corrected chi connectivity index (χ2v) is 4.86. The maximum absolute atomic E-state index is 11.9. The van der Waals surface area contributed by atoms with Crippen LogP contribution in [0.3, 0.4) is 0 Å². The zero-order valence-electron chi connectivity index (χ0n) is 11.4. The number of primary amides is 1. The van der Waals surface area contributed by atoms with Crippen molar-refractivity contribution in [3.05, 3.63) is 45.2 Å². The quantitative estimate of drug-likeness (QED) is 0.784. The fourth-order valence-electron chi connectivity index (χ4n) is 2.01. The van der Waals surface area contributed by atoms with E-state index in [0.29, 0.717) is 5.56 Å². The molecule has 5 nitrogen and oxygen atoms in total. The van der Waals surface area contributed by atoms with Crippen molar-refractivity contribution >= 4 is 29.2 Å². The van der Waals surface area contributed by atoms with Crippen LogP contribution in [0.5, 0.6) is 0 Å². The van der Waals surface area contributed by atoms with Crippen molar-refractivity contribution in [2.45, 2.75) is 26.3 Å². The summed E-state index contributed by atoms with van der Waals surface area (Å²) in [6, 6.07) is 4.86. The van der Waals surface area contributed by atoms with Gasteiger partial charge in [-0.1, -0.05) is 0 Å². The number of aromatic nitrogens is 1. The summed E-state index contributed by atoms with van der Waals surface area (Å²) >= 11 is 0.